The van der Waals surface area contributed by atoms with Gasteiger partial charge in [-0.1, -0.05) is 18.2 Å². The lowest BCUT2D eigenvalue weighted by Crippen LogP contribution is -2.06. The van der Waals surface area contributed by atoms with Crippen LogP contribution in [0.3, 0.4) is 0 Å². The van der Waals surface area contributed by atoms with Crippen molar-refractivity contribution in [3.05, 3.63) is 42.6 Å². The summed E-state index contributed by atoms with van der Waals surface area (Å²) in [5, 5.41) is 17.0. The molecule has 0 aliphatic carbocycles. The number of anilines is 1. The Kier molecular flexibility index (Phi) is 3.11. The van der Waals surface area contributed by atoms with Crippen LogP contribution in [0.2, 0.25) is 0 Å². The summed E-state index contributed by atoms with van der Waals surface area (Å²) in [5.74, 6) is 0. The molecule has 0 spiro atoms. The smallest absolute Gasteiger partial charge is 0.188 e. The summed E-state index contributed by atoms with van der Waals surface area (Å²) in [6.45, 7) is 0. The topological polar surface area (TPSA) is 50.8 Å². The summed E-state index contributed by atoms with van der Waals surface area (Å²) in [5.41, 5.74) is 0.747. The molecule has 0 unspecified atom stereocenters. The summed E-state index contributed by atoms with van der Waals surface area (Å²) >= 11 is 0. The first-order valence-electron chi connectivity index (χ1n) is 3.69. The van der Waals surface area contributed by atoms with E-state index < -0.39 is 0 Å². The van der Waals surface area contributed by atoms with Crippen molar-refractivity contribution in [1.82, 2.24) is 0 Å². The van der Waals surface area contributed by atoms with Gasteiger partial charge >= 0.3 is 0 Å². The minimum Gasteiger partial charge on any atom is -0.254 e. The van der Waals surface area contributed by atoms with E-state index in [1.807, 2.05) is 30.5 Å². The van der Waals surface area contributed by atoms with Gasteiger partial charge in [-0.2, -0.15) is 10.5 Å². The van der Waals surface area contributed by atoms with Crippen LogP contribution in [-0.2, 0) is 0 Å². The second-order valence-electron chi connectivity index (χ2n) is 2.25. The molecule has 0 aliphatic heterocycles. The molecule has 0 N–H and O–H groups in total. The van der Waals surface area contributed by atoms with E-state index in [-0.39, 0.29) is 0 Å². The number of para-hydroxylation sites is 1. The zero-order valence-electron chi connectivity index (χ0n) is 6.88. The summed E-state index contributed by atoms with van der Waals surface area (Å²) in [6.07, 6.45) is 4.63. The van der Waals surface area contributed by atoms with Gasteiger partial charge in [0.1, 0.15) is 0 Å². The number of nitriles is 2. The van der Waals surface area contributed by atoms with E-state index in [1.54, 1.807) is 12.1 Å². The molecular weight excluding hydrogens is 162 g/mol. The summed E-state index contributed by atoms with van der Waals surface area (Å²) in [6, 6.07) is 11.0. The summed E-state index contributed by atoms with van der Waals surface area (Å²) in [4.78, 5) is 1.32. The summed E-state index contributed by atoms with van der Waals surface area (Å²) < 4.78 is 0. The maximum atomic E-state index is 8.72. The van der Waals surface area contributed by atoms with Crippen LogP contribution in [0, 0.1) is 22.8 Å². The maximum absolute atomic E-state index is 8.72. The van der Waals surface area contributed by atoms with Crippen molar-refractivity contribution in [2.75, 3.05) is 4.90 Å². The lowest BCUT2D eigenvalue weighted by atomic mass is 10.3. The van der Waals surface area contributed by atoms with Crippen LogP contribution in [0.5, 0.6) is 0 Å². The van der Waals surface area contributed by atoms with Crippen molar-refractivity contribution in [3.63, 3.8) is 0 Å². The number of rotatable bonds is 2. The van der Waals surface area contributed by atoms with Crippen molar-refractivity contribution >= 4 is 5.69 Å². The third-order valence-electron chi connectivity index (χ3n) is 1.44. The van der Waals surface area contributed by atoms with Gasteiger partial charge in [0, 0.05) is 12.3 Å². The Bertz CT molecular complexity index is 367. The number of allylic oxidation sites excluding steroid dienone is 1. The van der Waals surface area contributed by atoms with Crippen molar-refractivity contribution in [2.24, 2.45) is 0 Å². The van der Waals surface area contributed by atoms with Gasteiger partial charge in [-0.25, -0.2) is 0 Å². The number of benzene rings is 1. The minimum absolute atomic E-state index is 0.747. The van der Waals surface area contributed by atoms with E-state index in [9.17, 15) is 0 Å². The molecule has 13 heavy (non-hydrogen) atoms. The molecule has 0 saturated carbocycles. The highest BCUT2D eigenvalue weighted by atomic mass is 15.1. The van der Waals surface area contributed by atoms with E-state index in [2.05, 4.69) is 0 Å². The Morgan fingerprint density at radius 1 is 1.15 bits per heavy atom. The molecule has 1 aromatic rings. The predicted octanol–water partition coefficient (Wildman–Crippen LogP) is 2.01. The Balaban J connectivity index is 2.88. The predicted molar refractivity (Wildman–Crippen MR) is 49.3 cm³/mol. The van der Waals surface area contributed by atoms with Gasteiger partial charge < -0.3 is 0 Å². The third kappa shape index (κ3) is 2.36. The fraction of sp³-hybridized carbons (Fsp3) is 0. The summed E-state index contributed by atoms with van der Waals surface area (Å²) in [7, 11) is 0. The molecule has 1 aromatic carbocycles. The van der Waals surface area contributed by atoms with Gasteiger partial charge in [0.05, 0.1) is 11.8 Å². The minimum atomic E-state index is 0.747. The van der Waals surface area contributed by atoms with Crippen LogP contribution >= 0.6 is 0 Å². The molecule has 0 heterocycles. The first-order chi connectivity index (χ1) is 6.38. The Morgan fingerprint density at radius 3 is 2.38 bits per heavy atom. The fourth-order valence-corrected chi connectivity index (χ4v) is 0.874. The maximum Gasteiger partial charge on any atom is 0.188 e. The highest BCUT2D eigenvalue weighted by Gasteiger charge is 1.97. The Hall–Kier alpha value is -2.26. The average Bonchev–Trinajstić information content (AvgIpc) is 2.21. The Morgan fingerprint density at radius 2 is 1.85 bits per heavy atom. The average molecular weight is 169 g/mol. The third-order valence-corrected chi connectivity index (χ3v) is 1.44. The number of hydrogen-bond acceptors (Lipinski definition) is 3. The van der Waals surface area contributed by atoms with Gasteiger partial charge in [0.2, 0.25) is 0 Å². The van der Waals surface area contributed by atoms with Crippen molar-refractivity contribution in [3.8, 4) is 12.3 Å². The number of hydrogen-bond donors (Lipinski definition) is 0. The standard InChI is InChI=1S/C10H7N3/c11-7-4-8-13(9-12)10-5-2-1-3-6-10/h1-6,8H/b8-4+. The normalized spacial score (nSPS) is 9.08. The van der Waals surface area contributed by atoms with Crippen LogP contribution in [0.25, 0.3) is 0 Å². The molecule has 0 radical (unpaired) electrons. The lowest BCUT2D eigenvalue weighted by molar-refractivity contribution is 1.27. The van der Waals surface area contributed by atoms with Crippen molar-refractivity contribution < 1.29 is 0 Å². The van der Waals surface area contributed by atoms with Crippen LogP contribution in [-0.4, -0.2) is 0 Å². The van der Waals surface area contributed by atoms with Gasteiger partial charge in [-0.05, 0) is 12.1 Å². The van der Waals surface area contributed by atoms with E-state index in [0.29, 0.717) is 0 Å². The van der Waals surface area contributed by atoms with Gasteiger partial charge in [-0.3, -0.25) is 4.90 Å². The first kappa shape index (κ1) is 8.83. The van der Waals surface area contributed by atoms with Gasteiger partial charge in [-0.15, -0.1) is 0 Å². The first-order valence-corrected chi connectivity index (χ1v) is 3.69. The molecule has 1 rings (SSSR count). The number of nitrogens with zero attached hydrogens (tertiary/aromatic N) is 3. The van der Waals surface area contributed by atoms with Crippen LogP contribution in [0.1, 0.15) is 0 Å². The molecule has 0 bridgehead atoms. The molecule has 0 fully saturated rings. The van der Waals surface area contributed by atoms with Gasteiger partial charge in [0.25, 0.3) is 0 Å². The van der Waals surface area contributed by atoms with E-state index in [0.717, 1.165) is 5.69 Å². The molecule has 3 nitrogen and oxygen atoms in total. The van der Waals surface area contributed by atoms with Crippen molar-refractivity contribution in [1.29, 1.82) is 10.5 Å². The van der Waals surface area contributed by atoms with Crippen LogP contribution < -0.4 is 4.90 Å². The zero-order valence-corrected chi connectivity index (χ0v) is 6.88. The molecule has 0 amide bonds. The van der Waals surface area contributed by atoms with E-state index >= 15 is 0 Å². The molecule has 62 valence electrons. The van der Waals surface area contributed by atoms with E-state index in [1.165, 1.54) is 17.2 Å². The molecule has 3 heteroatoms. The molecule has 0 saturated heterocycles. The molecular formula is C10H7N3. The Labute approximate surface area is 76.7 Å². The monoisotopic (exact) mass is 169 g/mol. The quantitative estimate of drug-likeness (QED) is 0.386. The van der Waals surface area contributed by atoms with Crippen LogP contribution in [0.4, 0.5) is 5.69 Å². The fourth-order valence-electron chi connectivity index (χ4n) is 0.874. The second-order valence-corrected chi connectivity index (χ2v) is 2.25. The van der Waals surface area contributed by atoms with Crippen molar-refractivity contribution in [2.45, 2.75) is 0 Å². The highest BCUT2D eigenvalue weighted by Crippen LogP contribution is 2.11. The molecule has 0 aromatic heterocycles. The van der Waals surface area contributed by atoms with Gasteiger partial charge in [0.15, 0.2) is 6.19 Å². The second kappa shape index (κ2) is 4.58. The van der Waals surface area contributed by atoms with E-state index in [4.69, 9.17) is 10.5 Å². The lowest BCUT2D eigenvalue weighted by Gasteiger charge is -2.08. The SMILES string of the molecule is N#C/C=C/N(C#N)c1ccccc1. The largest absolute Gasteiger partial charge is 0.254 e. The van der Waals surface area contributed by atoms with Crippen LogP contribution in [0.15, 0.2) is 42.6 Å². The molecule has 0 aliphatic rings. The highest BCUT2D eigenvalue weighted by molar-refractivity contribution is 5.53. The molecule has 0 atom stereocenters. The zero-order chi connectivity index (χ0) is 9.52.